The summed E-state index contributed by atoms with van der Waals surface area (Å²) in [4.78, 5) is 0. The van der Waals surface area contributed by atoms with E-state index in [2.05, 4.69) is 0 Å². The van der Waals surface area contributed by atoms with Crippen LogP contribution in [-0.4, -0.2) is 6.17 Å². The SMILES string of the molecule is CCC(c1ccc(Cl)cc1)C(C)F. The molecular weight excluding hydrogens is 187 g/mol. The predicted molar refractivity (Wildman–Crippen MR) is 55.1 cm³/mol. The van der Waals surface area contributed by atoms with E-state index in [-0.39, 0.29) is 5.92 Å². The summed E-state index contributed by atoms with van der Waals surface area (Å²) in [6.45, 7) is 3.60. The lowest BCUT2D eigenvalue weighted by Crippen LogP contribution is -2.08. The molecule has 2 heteroatoms. The summed E-state index contributed by atoms with van der Waals surface area (Å²) < 4.78 is 13.1. The minimum Gasteiger partial charge on any atom is -0.247 e. The van der Waals surface area contributed by atoms with Crippen molar-refractivity contribution in [1.29, 1.82) is 0 Å². The maximum atomic E-state index is 13.1. The zero-order valence-electron chi connectivity index (χ0n) is 7.93. The molecule has 0 aromatic heterocycles. The van der Waals surface area contributed by atoms with Crippen LogP contribution >= 0.6 is 11.6 Å². The van der Waals surface area contributed by atoms with Crippen molar-refractivity contribution in [3.8, 4) is 0 Å². The molecule has 0 radical (unpaired) electrons. The van der Waals surface area contributed by atoms with Gasteiger partial charge >= 0.3 is 0 Å². The fourth-order valence-corrected chi connectivity index (χ4v) is 1.66. The molecule has 0 fully saturated rings. The Bertz CT molecular complexity index is 253. The molecule has 1 rings (SSSR count). The molecule has 0 spiro atoms. The Morgan fingerprint density at radius 1 is 1.31 bits per heavy atom. The van der Waals surface area contributed by atoms with Crippen molar-refractivity contribution in [3.05, 3.63) is 34.9 Å². The summed E-state index contributed by atoms with van der Waals surface area (Å²) in [6, 6.07) is 7.41. The Morgan fingerprint density at radius 3 is 2.23 bits per heavy atom. The molecular formula is C11H14ClF. The second kappa shape index (κ2) is 4.61. The van der Waals surface area contributed by atoms with Gasteiger partial charge < -0.3 is 0 Å². The first-order valence-electron chi connectivity index (χ1n) is 4.54. The van der Waals surface area contributed by atoms with Gasteiger partial charge in [0.1, 0.15) is 6.17 Å². The van der Waals surface area contributed by atoms with Crippen molar-refractivity contribution < 1.29 is 4.39 Å². The van der Waals surface area contributed by atoms with E-state index in [0.717, 1.165) is 12.0 Å². The predicted octanol–water partition coefficient (Wildman–Crippen LogP) is 4.19. The van der Waals surface area contributed by atoms with Crippen LogP contribution in [0, 0.1) is 0 Å². The second-order valence-electron chi connectivity index (χ2n) is 3.24. The number of hydrogen-bond acceptors (Lipinski definition) is 0. The van der Waals surface area contributed by atoms with E-state index < -0.39 is 6.17 Å². The summed E-state index contributed by atoms with van der Waals surface area (Å²) in [5.74, 6) is -0.00253. The van der Waals surface area contributed by atoms with Gasteiger partial charge in [0.25, 0.3) is 0 Å². The number of halogens is 2. The summed E-state index contributed by atoms with van der Waals surface area (Å²) >= 11 is 5.75. The topological polar surface area (TPSA) is 0 Å². The third-order valence-corrected chi connectivity index (χ3v) is 2.54. The number of alkyl halides is 1. The van der Waals surface area contributed by atoms with E-state index in [4.69, 9.17) is 11.6 Å². The minimum absolute atomic E-state index is 0.00253. The van der Waals surface area contributed by atoms with Gasteiger partial charge in [0, 0.05) is 10.9 Å². The molecule has 0 saturated heterocycles. The highest BCUT2D eigenvalue weighted by molar-refractivity contribution is 6.30. The molecule has 0 saturated carbocycles. The summed E-state index contributed by atoms with van der Waals surface area (Å²) in [7, 11) is 0. The van der Waals surface area contributed by atoms with Crippen LogP contribution in [-0.2, 0) is 0 Å². The molecule has 13 heavy (non-hydrogen) atoms. The molecule has 0 aliphatic heterocycles. The lowest BCUT2D eigenvalue weighted by Gasteiger charge is -2.16. The van der Waals surface area contributed by atoms with Gasteiger partial charge in [-0.3, -0.25) is 0 Å². The van der Waals surface area contributed by atoms with Crippen LogP contribution in [0.3, 0.4) is 0 Å². The van der Waals surface area contributed by atoms with Crippen molar-refractivity contribution in [3.63, 3.8) is 0 Å². The third kappa shape index (κ3) is 2.70. The van der Waals surface area contributed by atoms with Crippen LogP contribution in [0.15, 0.2) is 24.3 Å². The molecule has 2 unspecified atom stereocenters. The summed E-state index contributed by atoms with van der Waals surface area (Å²) in [5.41, 5.74) is 1.03. The van der Waals surface area contributed by atoms with Gasteiger partial charge in [-0.2, -0.15) is 0 Å². The summed E-state index contributed by atoms with van der Waals surface area (Å²) in [5, 5.41) is 0.699. The van der Waals surface area contributed by atoms with Gasteiger partial charge in [0.15, 0.2) is 0 Å². The van der Waals surface area contributed by atoms with Crippen molar-refractivity contribution in [2.45, 2.75) is 32.4 Å². The average molecular weight is 201 g/mol. The molecule has 0 aliphatic rings. The third-order valence-electron chi connectivity index (χ3n) is 2.29. The molecule has 0 N–H and O–H groups in total. The van der Waals surface area contributed by atoms with E-state index in [1.807, 2.05) is 31.2 Å². The van der Waals surface area contributed by atoms with Gasteiger partial charge in [-0.25, -0.2) is 4.39 Å². The van der Waals surface area contributed by atoms with Crippen LogP contribution < -0.4 is 0 Å². The smallest absolute Gasteiger partial charge is 0.104 e. The Morgan fingerprint density at radius 2 is 1.85 bits per heavy atom. The number of rotatable bonds is 3. The quantitative estimate of drug-likeness (QED) is 0.687. The Kier molecular flexibility index (Phi) is 3.73. The zero-order chi connectivity index (χ0) is 9.84. The molecule has 1 aromatic rings. The van der Waals surface area contributed by atoms with Crippen molar-refractivity contribution >= 4 is 11.6 Å². The van der Waals surface area contributed by atoms with Gasteiger partial charge in [0.2, 0.25) is 0 Å². The van der Waals surface area contributed by atoms with E-state index in [1.54, 1.807) is 6.92 Å². The standard InChI is InChI=1S/C11H14ClF/c1-3-11(8(2)13)9-4-6-10(12)7-5-9/h4-8,11H,3H2,1-2H3. The maximum Gasteiger partial charge on any atom is 0.104 e. The molecule has 72 valence electrons. The monoisotopic (exact) mass is 200 g/mol. The second-order valence-corrected chi connectivity index (χ2v) is 3.68. The number of benzene rings is 1. The first-order chi connectivity index (χ1) is 6.15. The molecule has 1 aromatic carbocycles. The van der Waals surface area contributed by atoms with Gasteiger partial charge in [0.05, 0.1) is 0 Å². The highest BCUT2D eigenvalue weighted by atomic mass is 35.5. The molecule has 0 aliphatic carbocycles. The van der Waals surface area contributed by atoms with Crippen LogP contribution in [0.2, 0.25) is 5.02 Å². The first kappa shape index (κ1) is 10.5. The molecule has 0 heterocycles. The molecule has 2 atom stereocenters. The largest absolute Gasteiger partial charge is 0.247 e. The van der Waals surface area contributed by atoms with Crippen LogP contribution in [0.25, 0.3) is 0 Å². The first-order valence-corrected chi connectivity index (χ1v) is 4.92. The molecule has 0 nitrogen and oxygen atoms in total. The van der Waals surface area contributed by atoms with Crippen molar-refractivity contribution in [2.75, 3.05) is 0 Å². The fourth-order valence-electron chi connectivity index (χ4n) is 1.54. The van der Waals surface area contributed by atoms with Crippen LogP contribution in [0.1, 0.15) is 31.7 Å². The van der Waals surface area contributed by atoms with Gasteiger partial charge in [-0.15, -0.1) is 0 Å². The number of hydrogen-bond donors (Lipinski definition) is 0. The van der Waals surface area contributed by atoms with Crippen LogP contribution in [0.4, 0.5) is 4.39 Å². The Balaban J connectivity index is 2.86. The molecule has 0 bridgehead atoms. The van der Waals surface area contributed by atoms with E-state index >= 15 is 0 Å². The van der Waals surface area contributed by atoms with Crippen molar-refractivity contribution in [2.24, 2.45) is 0 Å². The fraction of sp³-hybridized carbons (Fsp3) is 0.455. The van der Waals surface area contributed by atoms with Gasteiger partial charge in [-0.05, 0) is 31.0 Å². The Hall–Kier alpha value is -0.560. The summed E-state index contributed by atoms with van der Waals surface area (Å²) in [6.07, 6.45) is 0.0189. The maximum absolute atomic E-state index is 13.1. The van der Waals surface area contributed by atoms with E-state index in [0.29, 0.717) is 5.02 Å². The van der Waals surface area contributed by atoms with E-state index in [1.165, 1.54) is 0 Å². The highest BCUT2D eigenvalue weighted by Crippen LogP contribution is 2.26. The minimum atomic E-state index is -0.800. The lowest BCUT2D eigenvalue weighted by atomic mass is 9.93. The average Bonchev–Trinajstić information content (AvgIpc) is 2.09. The normalized spacial score (nSPS) is 15.4. The van der Waals surface area contributed by atoms with Crippen LogP contribution in [0.5, 0.6) is 0 Å². The zero-order valence-corrected chi connectivity index (χ0v) is 8.68. The van der Waals surface area contributed by atoms with E-state index in [9.17, 15) is 4.39 Å². The van der Waals surface area contributed by atoms with Gasteiger partial charge in [-0.1, -0.05) is 30.7 Å². The Labute approximate surface area is 83.7 Å². The highest BCUT2D eigenvalue weighted by Gasteiger charge is 2.15. The van der Waals surface area contributed by atoms with Crippen molar-refractivity contribution in [1.82, 2.24) is 0 Å². The molecule has 0 amide bonds. The lowest BCUT2D eigenvalue weighted by molar-refractivity contribution is 0.300.